The fourth-order valence-electron chi connectivity index (χ4n) is 3.06. The third-order valence-electron chi connectivity index (χ3n) is 4.40. The van der Waals surface area contributed by atoms with Gasteiger partial charge in [-0.2, -0.15) is 5.26 Å². The van der Waals surface area contributed by atoms with Gasteiger partial charge in [0.2, 0.25) is 0 Å². The Kier molecular flexibility index (Phi) is 4.40. The molecule has 2 aromatic carbocycles. The van der Waals surface area contributed by atoms with E-state index in [1.54, 1.807) is 28.8 Å². The fourth-order valence-corrected chi connectivity index (χ4v) is 3.06. The van der Waals surface area contributed by atoms with Crippen molar-refractivity contribution in [3.63, 3.8) is 0 Å². The molecule has 28 heavy (non-hydrogen) atoms. The van der Waals surface area contributed by atoms with Crippen LogP contribution in [0.4, 0.5) is 5.69 Å². The second kappa shape index (κ2) is 7.17. The molecule has 0 saturated carbocycles. The number of rotatable bonds is 4. The number of nitrogens with zero attached hydrogens (tertiary/aromatic N) is 4. The lowest BCUT2D eigenvalue weighted by Gasteiger charge is -2.12. The van der Waals surface area contributed by atoms with Crippen LogP contribution in [-0.2, 0) is 0 Å². The summed E-state index contributed by atoms with van der Waals surface area (Å²) in [6.07, 6.45) is 4.96. The van der Waals surface area contributed by atoms with E-state index in [0.29, 0.717) is 22.5 Å². The van der Waals surface area contributed by atoms with Gasteiger partial charge in [0.25, 0.3) is 5.91 Å². The van der Waals surface area contributed by atoms with E-state index in [9.17, 15) is 10.1 Å². The highest BCUT2D eigenvalue weighted by molar-refractivity contribution is 6.09. The Balaban J connectivity index is 1.76. The molecule has 0 aliphatic carbocycles. The van der Waals surface area contributed by atoms with Gasteiger partial charge in [0.1, 0.15) is 12.4 Å². The van der Waals surface area contributed by atoms with E-state index in [2.05, 4.69) is 28.2 Å². The van der Waals surface area contributed by atoms with Crippen molar-refractivity contribution in [2.45, 2.75) is 0 Å². The third kappa shape index (κ3) is 3.02. The summed E-state index contributed by atoms with van der Waals surface area (Å²) in [5.74, 6) is -0.372. The van der Waals surface area contributed by atoms with Gasteiger partial charge in [-0.25, -0.2) is 0 Å². The summed E-state index contributed by atoms with van der Waals surface area (Å²) in [5, 5.41) is 20.4. The van der Waals surface area contributed by atoms with Crippen LogP contribution >= 0.6 is 0 Å². The highest BCUT2D eigenvalue weighted by Crippen LogP contribution is 2.29. The maximum Gasteiger partial charge on any atom is 0.259 e. The SMILES string of the molecule is C=Cc1cc(C(=O)Nc2cccc(-c3ccccc3)c2C#N)c2nncn2c1. The van der Waals surface area contributed by atoms with Crippen molar-refractivity contribution in [2.24, 2.45) is 0 Å². The van der Waals surface area contributed by atoms with E-state index in [-0.39, 0.29) is 5.91 Å². The van der Waals surface area contributed by atoms with Gasteiger partial charge in [0.05, 0.1) is 16.8 Å². The first-order valence-corrected chi connectivity index (χ1v) is 8.57. The molecule has 6 heteroatoms. The standard InChI is InChI=1S/C22H15N5O/c1-2-15-11-18(21-26-24-14-27(21)13-15)22(28)25-20-10-6-9-17(19(20)12-23)16-7-4-3-5-8-16/h2-11,13-14H,1H2,(H,25,28). The Morgan fingerprint density at radius 3 is 2.75 bits per heavy atom. The van der Waals surface area contributed by atoms with Crippen LogP contribution in [0.25, 0.3) is 22.9 Å². The summed E-state index contributed by atoms with van der Waals surface area (Å²) >= 11 is 0. The second-order valence-corrected chi connectivity index (χ2v) is 6.11. The minimum absolute atomic E-state index is 0.351. The molecule has 4 aromatic rings. The van der Waals surface area contributed by atoms with Crippen LogP contribution in [0.5, 0.6) is 0 Å². The van der Waals surface area contributed by atoms with E-state index in [0.717, 1.165) is 16.7 Å². The summed E-state index contributed by atoms with van der Waals surface area (Å²) in [5.41, 5.74) is 4.05. The van der Waals surface area contributed by atoms with E-state index in [1.807, 2.05) is 42.5 Å². The molecule has 1 amide bonds. The normalized spacial score (nSPS) is 10.4. The second-order valence-electron chi connectivity index (χ2n) is 6.11. The summed E-state index contributed by atoms with van der Waals surface area (Å²) in [4.78, 5) is 13.0. The number of nitrogens with one attached hydrogen (secondary N) is 1. The van der Waals surface area contributed by atoms with E-state index >= 15 is 0 Å². The first-order chi connectivity index (χ1) is 13.7. The minimum Gasteiger partial charge on any atom is -0.321 e. The van der Waals surface area contributed by atoms with E-state index < -0.39 is 0 Å². The molecular weight excluding hydrogens is 350 g/mol. The lowest BCUT2D eigenvalue weighted by atomic mass is 9.99. The number of benzene rings is 2. The lowest BCUT2D eigenvalue weighted by molar-refractivity contribution is 0.102. The van der Waals surface area contributed by atoms with Crippen LogP contribution in [0.2, 0.25) is 0 Å². The number of nitriles is 1. The van der Waals surface area contributed by atoms with Gasteiger partial charge >= 0.3 is 0 Å². The average Bonchev–Trinajstić information content (AvgIpc) is 3.22. The molecule has 0 aliphatic heterocycles. The third-order valence-corrected chi connectivity index (χ3v) is 4.40. The molecule has 6 nitrogen and oxygen atoms in total. The largest absolute Gasteiger partial charge is 0.321 e. The van der Waals surface area contributed by atoms with Gasteiger partial charge in [-0.05, 0) is 23.3 Å². The maximum absolute atomic E-state index is 13.0. The minimum atomic E-state index is -0.372. The van der Waals surface area contributed by atoms with E-state index in [4.69, 9.17) is 0 Å². The Morgan fingerprint density at radius 2 is 2.00 bits per heavy atom. The van der Waals surface area contributed by atoms with Crippen molar-refractivity contribution < 1.29 is 4.79 Å². The lowest BCUT2D eigenvalue weighted by Crippen LogP contribution is -2.15. The summed E-state index contributed by atoms with van der Waals surface area (Å²) in [6, 6.07) is 18.9. The van der Waals surface area contributed by atoms with Crippen LogP contribution in [0.3, 0.4) is 0 Å². The zero-order chi connectivity index (χ0) is 19.5. The number of carbonyl (C=O) groups is 1. The monoisotopic (exact) mass is 365 g/mol. The Morgan fingerprint density at radius 1 is 1.18 bits per heavy atom. The number of carbonyl (C=O) groups excluding carboxylic acids is 1. The number of fused-ring (bicyclic) bond motifs is 1. The molecule has 0 radical (unpaired) electrons. The van der Waals surface area contributed by atoms with Crippen LogP contribution in [0.15, 0.2) is 73.7 Å². The molecule has 0 fully saturated rings. The molecule has 0 atom stereocenters. The number of amides is 1. The van der Waals surface area contributed by atoms with Crippen molar-refractivity contribution in [3.8, 4) is 17.2 Å². The predicted molar refractivity (Wildman–Crippen MR) is 108 cm³/mol. The first-order valence-electron chi connectivity index (χ1n) is 8.57. The van der Waals surface area contributed by atoms with Gasteiger partial charge in [0.15, 0.2) is 5.65 Å². The molecule has 1 N–H and O–H groups in total. The molecule has 4 rings (SSSR count). The van der Waals surface area contributed by atoms with Gasteiger partial charge in [-0.1, -0.05) is 55.1 Å². The van der Waals surface area contributed by atoms with Gasteiger partial charge < -0.3 is 5.32 Å². The van der Waals surface area contributed by atoms with Crippen LogP contribution < -0.4 is 5.32 Å². The molecular formula is C22H15N5O. The van der Waals surface area contributed by atoms with Crippen LogP contribution in [0, 0.1) is 11.3 Å². The first kappa shape index (κ1) is 17.2. The van der Waals surface area contributed by atoms with Crippen molar-refractivity contribution in [1.82, 2.24) is 14.6 Å². The van der Waals surface area contributed by atoms with E-state index in [1.165, 1.54) is 6.33 Å². The molecule has 134 valence electrons. The number of hydrogen-bond acceptors (Lipinski definition) is 4. The average molecular weight is 365 g/mol. The van der Waals surface area contributed by atoms with Crippen LogP contribution in [0.1, 0.15) is 21.5 Å². The molecule has 0 saturated heterocycles. The summed E-state index contributed by atoms with van der Waals surface area (Å²) < 4.78 is 1.66. The number of hydrogen-bond donors (Lipinski definition) is 1. The Bertz CT molecular complexity index is 1240. The highest BCUT2D eigenvalue weighted by Gasteiger charge is 2.17. The van der Waals surface area contributed by atoms with Crippen LogP contribution in [-0.4, -0.2) is 20.5 Å². The molecule has 0 unspecified atom stereocenters. The smallest absolute Gasteiger partial charge is 0.259 e. The number of aromatic nitrogens is 3. The molecule has 2 aromatic heterocycles. The van der Waals surface area contributed by atoms with Crippen molar-refractivity contribution in [1.29, 1.82) is 5.26 Å². The van der Waals surface area contributed by atoms with Gasteiger partial charge in [-0.15, -0.1) is 10.2 Å². The molecule has 0 aliphatic rings. The van der Waals surface area contributed by atoms with Gasteiger partial charge in [-0.3, -0.25) is 9.20 Å². The summed E-state index contributed by atoms with van der Waals surface area (Å²) in [6.45, 7) is 3.75. The Labute approximate surface area is 161 Å². The predicted octanol–water partition coefficient (Wildman–Crippen LogP) is 4.16. The molecule has 0 bridgehead atoms. The fraction of sp³-hybridized carbons (Fsp3) is 0. The van der Waals surface area contributed by atoms with Crippen molar-refractivity contribution in [2.75, 3.05) is 5.32 Å². The number of pyridine rings is 1. The number of anilines is 1. The van der Waals surface area contributed by atoms with Crippen molar-refractivity contribution >= 4 is 23.3 Å². The zero-order valence-corrected chi connectivity index (χ0v) is 14.8. The van der Waals surface area contributed by atoms with Crippen molar-refractivity contribution in [3.05, 3.63) is 90.4 Å². The maximum atomic E-state index is 13.0. The summed E-state index contributed by atoms with van der Waals surface area (Å²) in [7, 11) is 0. The van der Waals surface area contributed by atoms with Gasteiger partial charge in [0, 0.05) is 11.8 Å². The highest BCUT2D eigenvalue weighted by atomic mass is 16.1. The molecule has 2 heterocycles. The Hall–Kier alpha value is -4.24. The molecule has 0 spiro atoms. The quantitative estimate of drug-likeness (QED) is 0.588. The zero-order valence-electron chi connectivity index (χ0n) is 14.8. The topological polar surface area (TPSA) is 83.1 Å².